The molecular weight excluding hydrogens is 311 g/mol. The number of benzene rings is 2. The molecule has 0 aliphatic heterocycles. The molecule has 0 spiro atoms. The lowest BCUT2D eigenvalue weighted by Gasteiger charge is -2.05. The number of furan rings is 1. The molecule has 0 fully saturated rings. The second-order valence-corrected chi connectivity index (χ2v) is 5.13. The van der Waals surface area contributed by atoms with Crippen LogP contribution < -0.4 is 10.2 Å². The topological polar surface area (TPSA) is 63.8 Å². The van der Waals surface area contributed by atoms with Gasteiger partial charge >= 0.3 is 0 Å². The summed E-state index contributed by atoms with van der Waals surface area (Å²) in [5, 5.41) is 4.95. The molecule has 1 amide bonds. The maximum Gasteiger partial charge on any atom is 0.277 e. The van der Waals surface area contributed by atoms with E-state index in [2.05, 4.69) is 10.5 Å². The smallest absolute Gasteiger partial charge is 0.277 e. The fourth-order valence-corrected chi connectivity index (χ4v) is 2.10. The standard InChI is InChI=1S/C18H15FN2O3/c1-12(17-9-13-5-2-3-8-16(13)24-17)20-21-18(22)11-23-15-7-4-6-14(19)10-15/h2-10H,11H2,1H3,(H,21,22)/b20-12-. The number of hydrogen-bond donors (Lipinski definition) is 1. The monoisotopic (exact) mass is 326 g/mol. The fraction of sp³-hybridized carbons (Fsp3) is 0.111. The minimum Gasteiger partial charge on any atom is -0.484 e. The van der Waals surface area contributed by atoms with Crippen LogP contribution in [-0.4, -0.2) is 18.2 Å². The molecule has 2 aromatic carbocycles. The number of hydrogen-bond acceptors (Lipinski definition) is 4. The zero-order valence-electron chi connectivity index (χ0n) is 13.0. The Morgan fingerprint density at radius 3 is 2.83 bits per heavy atom. The number of halogens is 1. The molecule has 6 heteroatoms. The van der Waals surface area contributed by atoms with Crippen LogP contribution in [0.4, 0.5) is 4.39 Å². The number of carbonyl (C=O) groups is 1. The van der Waals surface area contributed by atoms with E-state index in [0.717, 1.165) is 11.0 Å². The van der Waals surface area contributed by atoms with E-state index in [1.165, 1.54) is 18.2 Å². The van der Waals surface area contributed by atoms with Crippen molar-refractivity contribution in [3.63, 3.8) is 0 Å². The van der Waals surface area contributed by atoms with E-state index >= 15 is 0 Å². The maximum atomic E-state index is 13.0. The van der Waals surface area contributed by atoms with Crippen LogP contribution in [0.25, 0.3) is 11.0 Å². The number of nitrogens with zero attached hydrogens (tertiary/aromatic N) is 1. The van der Waals surface area contributed by atoms with E-state index in [0.29, 0.717) is 11.5 Å². The van der Waals surface area contributed by atoms with Gasteiger partial charge in [0, 0.05) is 11.5 Å². The molecular formula is C18H15FN2O3. The first-order valence-electron chi connectivity index (χ1n) is 7.32. The van der Waals surface area contributed by atoms with E-state index in [-0.39, 0.29) is 12.4 Å². The third kappa shape index (κ3) is 3.78. The minimum atomic E-state index is -0.449. The van der Waals surface area contributed by atoms with Crippen molar-refractivity contribution in [3.05, 3.63) is 66.2 Å². The summed E-state index contributed by atoms with van der Waals surface area (Å²) in [6, 6.07) is 15.0. The molecule has 0 unspecified atom stereocenters. The molecule has 1 heterocycles. The summed E-state index contributed by atoms with van der Waals surface area (Å²) < 4.78 is 23.8. The summed E-state index contributed by atoms with van der Waals surface area (Å²) in [6.07, 6.45) is 0. The van der Waals surface area contributed by atoms with Gasteiger partial charge in [-0.15, -0.1) is 0 Å². The molecule has 5 nitrogen and oxygen atoms in total. The summed E-state index contributed by atoms with van der Waals surface area (Å²) in [5.41, 5.74) is 3.67. The van der Waals surface area contributed by atoms with Crippen molar-refractivity contribution in [1.29, 1.82) is 0 Å². The van der Waals surface area contributed by atoms with Gasteiger partial charge in [-0.1, -0.05) is 24.3 Å². The average molecular weight is 326 g/mol. The Morgan fingerprint density at radius 1 is 1.21 bits per heavy atom. The predicted octanol–water partition coefficient (Wildman–Crippen LogP) is 3.49. The van der Waals surface area contributed by atoms with Crippen molar-refractivity contribution >= 4 is 22.6 Å². The molecule has 3 rings (SSSR count). The molecule has 1 N–H and O–H groups in total. The van der Waals surface area contributed by atoms with Crippen molar-refractivity contribution in [2.75, 3.05) is 6.61 Å². The van der Waals surface area contributed by atoms with Gasteiger partial charge in [-0.3, -0.25) is 4.79 Å². The van der Waals surface area contributed by atoms with Crippen LogP contribution in [0.2, 0.25) is 0 Å². The summed E-state index contributed by atoms with van der Waals surface area (Å²) >= 11 is 0. The van der Waals surface area contributed by atoms with Crippen molar-refractivity contribution in [2.45, 2.75) is 6.92 Å². The molecule has 24 heavy (non-hydrogen) atoms. The number of rotatable bonds is 5. The number of ether oxygens (including phenoxy) is 1. The van der Waals surface area contributed by atoms with Gasteiger partial charge in [0.15, 0.2) is 12.4 Å². The highest BCUT2D eigenvalue weighted by Crippen LogP contribution is 2.19. The van der Waals surface area contributed by atoms with Crippen LogP contribution in [0.1, 0.15) is 12.7 Å². The SMILES string of the molecule is C/C(=N/NC(=O)COc1cccc(F)c1)c1cc2ccccc2o1. The lowest BCUT2D eigenvalue weighted by molar-refractivity contribution is -0.123. The first-order valence-corrected chi connectivity index (χ1v) is 7.32. The van der Waals surface area contributed by atoms with Crippen LogP contribution in [-0.2, 0) is 4.79 Å². The minimum absolute atomic E-state index is 0.264. The van der Waals surface area contributed by atoms with E-state index in [1.807, 2.05) is 30.3 Å². The zero-order chi connectivity index (χ0) is 16.9. The third-order valence-electron chi connectivity index (χ3n) is 3.30. The van der Waals surface area contributed by atoms with Crippen molar-refractivity contribution in [1.82, 2.24) is 5.43 Å². The summed E-state index contributed by atoms with van der Waals surface area (Å²) in [5.74, 6) is -0.0212. The molecule has 0 atom stereocenters. The van der Waals surface area contributed by atoms with Gasteiger partial charge in [-0.25, -0.2) is 9.82 Å². The van der Waals surface area contributed by atoms with E-state index in [4.69, 9.17) is 9.15 Å². The Bertz CT molecular complexity index is 869. The third-order valence-corrected chi connectivity index (χ3v) is 3.30. The Kier molecular flexibility index (Phi) is 4.56. The Labute approximate surface area is 137 Å². The van der Waals surface area contributed by atoms with Crippen LogP contribution in [0.5, 0.6) is 5.75 Å². The summed E-state index contributed by atoms with van der Waals surface area (Å²) in [7, 11) is 0. The summed E-state index contributed by atoms with van der Waals surface area (Å²) in [4.78, 5) is 11.7. The van der Waals surface area contributed by atoms with Crippen molar-refractivity contribution < 1.29 is 18.3 Å². The van der Waals surface area contributed by atoms with Gasteiger partial charge in [-0.2, -0.15) is 5.10 Å². The summed E-state index contributed by atoms with van der Waals surface area (Å²) in [6.45, 7) is 1.46. The molecule has 0 saturated heterocycles. The van der Waals surface area contributed by atoms with Gasteiger partial charge in [0.2, 0.25) is 0 Å². The largest absolute Gasteiger partial charge is 0.484 e. The number of para-hydroxylation sites is 1. The van der Waals surface area contributed by atoms with Crippen LogP contribution in [0.15, 0.2) is 64.1 Å². The highest BCUT2D eigenvalue weighted by molar-refractivity contribution is 6.00. The first-order chi connectivity index (χ1) is 11.6. The molecule has 1 aromatic heterocycles. The Hall–Kier alpha value is -3.15. The van der Waals surface area contributed by atoms with Crippen LogP contribution in [0, 0.1) is 5.82 Å². The van der Waals surface area contributed by atoms with Crippen LogP contribution >= 0.6 is 0 Å². The second kappa shape index (κ2) is 6.95. The van der Waals surface area contributed by atoms with Gasteiger partial charge in [-0.05, 0) is 31.2 Å². The molecule has 0 saturated carbocycles. The molecule has 0 radical (unpaired) electrons. The van der Waals surface area contributed by atoms with Crippen LogP contribution in [0.3, 0.4) is 0 Å². The second-order valence-electron chi connectivity index (χ2n) is 5.13. The zero-order valence-corrected chi connectivity index (χ0v) is 13.0. The number of amides is 1. The van der Waals surface area contributed by atoms with Crippen molar-refractivity contribution in [3.8, 4) is 5.75 Å². The van der Waals surface area contributed by atoms with E-state index in [1.54, 1.807) is 13.0 Å². The van der Waals surface area contributed by atoms with E-state index < -0.39 is 11.7 Å². The number of carbonyl (C=O) groups excluding carboxylic acids is 1. The average Bonchev–Trinajstić information content (AvgIpc) is 3.02. The maximum absolute atomic E-state index is 13.0. The Balaban J connectivity index is 1.58. The molecule has 3 aromatic rings. The molecule has 0 bridgehead atoms. The highest BCUT2D eigenvalue weighted by atomic mass is 19.1. The number of fused-ring (bicyclic) bond motifs is 1. The lowest BCUT2D eigenvalue weighted by atomic mass is 10.2. The highest BCUT2D eigenvalue weighted by Gasteiger charge is 2.07. The first kappa shape index (κ1) is 15.7. The molecule has 122 valence electrons. The molecule has 0 aliphatic rings. The van der Waals surface area contributed by atoms with Gasteiger partial charge < -0.3 is 9.15 Å². The van der Waals surface area contributed by atoms with Gasteiger partial charge in [0.05, 0.1) is 0 Å². The predicted molar refractivity (Wildman–Crippen MR) is 88.5 cm³/mol. The number of hydrazone groups is 1. The normalized spacial score (nSPS) is 11.5. The van der Waals surface area contributed by atoms with Gasteiger partial charge in [0.1, 0.15) is 22.9 Å². The lowest BCUT2D eigenvalue weighted by Crippen LogP contribution is -2.25. The van der Waals surface area contributed by atoms with Crippen molar-refractivity contribution in [2.24, 2.45) is 5.10 Å². The van der Waals surface area contributed by atoms with Gasteiger partial charge in [0.25, 0.3) is 5.91 Å². The Morgan fingerprint density at radius 2 is 2.04 bits per heavy atom. The van der Waals surface area contributed by atoms with E-state index in [9.17, 15) is 9.18 Å². The fourth-order valence-electron chi connectivity index (χ4n) is 2.10. The number of nitrogens with one attached hydrogen (secondary N) is 1. The molecule has 0 aliphatic carbocycles. The quantitative estimate of drug-likeness (QED) is 0.576.